The van der Waals surface area contributed by atoms with Crippen molar-refractivity contribution in [3.05, 3.63) is 11.2 Å². The van der Waals surface area contributed by atoms with Crippen molar-refractivity contribution in [2.75, 3.05) is 44.9 Å². The quantitative estimate of drug-likeness (QED) is 0.693. The van der Waals surface area contributed by atoms with Crippen molar-refractivity contribution in [3.8, 4) is 0 Å². The Balaban J connectivity index is 2.41. The Bertz CT molecular complexity index is 411. The molecule has 0 spiro atoms. The Hall–Kier alpha value is -1.76. The summed E-state index contributed by atoms with van der Waals surface area (Å²) >= 11 is 5.93. The molecule has 0 aliphatic carbocycles. The fourth-order valence-corrected chi connectivity index (χ4v) is 1.28. The summed E-state index contributed by atoms with van der Waals surface area (Å²) in [6.45, 7) is 1.01. The van der Waals surface area contributed by atoms with Gasteiger partial charge in [0, 0.05) is 34.2 Å². The zero-order valence-corrected chi connectivity index (χ0v) is 11.4. The smallest absolute Gasteiger partial charge is 0.316 e. The van der Waals surface area contributed by atoms with Gasteiger partial charge in [-0.2, -0.15) is 4.98 Å². The van der Waals surface area contributed by atoms with Crippen LogP contribution in [-0.2, 0) is 0 Å². The molecule has 0 bridgehead atoms. The van der Waals surface area contributed by atoms with Crippen molar-refractivity contribution in [1.29, 1.82) is 0 Å². The summed E-state index contributed by atoms with van der Waals surface area (Å²) in [5.41, 5.74) is 0. The van der Waals surface area contributed by atoms with Gasteiger partial charge in [-0.1, -0.05) is 11.6 Å². The summed E-state index contributed by atoms with van der Waals surface area (Å²) in [5, 5.41) is 9.01. The van der Waals surface area contributed by atoms with E-state index in [9.17, 15) is 4.79 Å². The van der Waals surface area contributed by atoms with Crippen molar-refractivity contribution >= 4 is 29.4 Å². The van der Waals surface area contributed by atoms with Crippen LogP contribution < -0.4 is 16.0 Å². The molecular formula is C10H17ClN6O. The van der Waals surface area contributed by atoms with Gasteiger partial charge in [0.25, 0.3) is 0 Å². The Labute approximate surface area is 111 Å². The molecule has 0 aliphatic rings. The molecule has 18 heavy (non-hydrogen) atoms. The summed E-state index contributed by atoms with van der Waals surface area (Å²) in [6, 6.07) is -0.138. The lowest BCUT2D eigenvalue weighted by Crippen LogP contribution is -2.37. The zero-order chi connectivity index (χ0) is 13.5. The van der Waals surface area contributed by atoms with Gasteiger partial charge in [-0.25, -0.2) is 9.78 Å². The van der Waals surface area contributed by atoms with E-state index in [4.69, 9.17) is 11.6 Å². The number of halogens is 1. The molecule has 2 amide bonds. The van der Waals surface area contributed by atoms with Crippen molar-refractivity contribution in [2.24, 2.45) is 0 Å². The van der Waals surface area contributed by atoms with E-state index in [1.165, 1.54) is 11.1 Å². The number of rotatable bonds is 5. The second-order valence-electron chi connectivity index (χ2n) is 3.69. The third kappa shape index (κ3) is 4.25. The molecule has 0 saturated carbocycles. The zero-order valence-electron chi connectivity index (χ0n) is 10.6. The van der Waals surface area contributed by atoms with Gasteiger partial charge in [-0.3, -0.25) is 0 Å². The maximum absolute atomic E-state index is 11.2. The topological polar surface area (TPSA) is 82.2 Å². The first kappa shape index (κ1) is 14.3. The van der Waals surface area contributed by atoms with Crippen LogP contribution in [0.15, 0.2) is 6.20 Å². The number of nitrogens with one attached hydrogen (secondary N) is 3. The molecule has 0 aliphatic heterocycles. The second kappa shape index (κ2) is 6.85. The predicted molar refractivity (Wildman–Crippen MR) is 72.2 cm³/mol. The number of hydrogen-bond donors (Lipinski definition) is 3. The number of hydrogen-bond acceptors (Lipinski definition) is 5. The van der Waals surface area contributed by atoms with Gasteiger partial charge in [-0.15, -0.1) is 0 Å². The third-order valence-corrected chi connectivity index (χ3v) is 2.34. The monoisotopic (exact) mass is 272 g/mol. The lowest BCUT2D eigenvalue weighted by Gasteiger charge is -2.13. The first-order chi connectivity index (χ1) is 8.54. The van der Waals surface area contributed by atoms with Gasteiger partial charge >= 0.3 is 6.03 Å². The van der Waals surface area contributed by atoms with E-state index in [-0.39, 0.29) is 6.03 Å². The van der Waals surface area contributed by atoms with Crippen molar-refractivity contribution in [1.82, 2.24) is 20.2 Å². The van der Waals surface area contributed by atoms with Gasteiger partial charge in [0.1, 0.15) is 5.02 Å². The normalized spacial score (nSPS) is 9.78. The van der Waals surface area contributed by atoms with Crippen molar-refractivity contribution < 1.29 is 4.79 Å². The van der Waals surface area contributed by atoms with Crippen molar-refractivity contribution in [3.63, 3.8) is 0 Å². The summed E-state index contributed by atoms with van der Waals surface area (Å²) in [5.74, 6) is 1.02. The molecule has 0 radical (unpaired) electrons. The maximum Gasteiger partial charge on any atom is 0.316 e. The molecule has 1 rings (SSSR count). The molecule has 100 valence electrons. The fraction of sp³-hybridized carbons (Fsp3) is 0.500. The van der Waals surface area contributed by atoms with Gasteiger partial charge in [0.05, 0.1) is 6.20 Å². The number of aromatic nitrogens is 2. The highest BCUT2D eigenvalue weighted by Crippen LogP contribution is 2.18. The lowest BCUT2D eigenvalue weighted by molar-refractivity contribution is 0.218. The summed E-state index contributed by atoms with van der Waals surface area (Å²) in [7, 11) is 5.09. The number of carbonyl (C=O) groups excluding carboxylic acids is 1. The molecular weight excluding hydrogens is 256 g/mol. The number of amides is 2. The Morgan fingerprint density at radius 1 is 1.44 bits per heavy atom. The number of anilines is 2. The van der Waals surface area contributed by atoms with E-state index in [1.807, 2.05) is 0 Å². The van der Waals surface area contributed by atoms with E-state index in [0.29, 0.717) is 29.9 Å². The summed E-state index contributed by atoms with van der Waals surface area (Å²) < 4.78 is 0. The van der Waals surface area contributed by atoms with Crippen LogP contribution in [0.1, 0.15) is 0 Å². The largest absolute Gasteiger partial charge is 0.367 e. The van der Waals surface area contributed by atoms with Crippen LogP contribution in [0.3, 0.4) is 0 Å². The molecule has 0 fully saturated rings. The van der Waals surface area contributed by atoms with E-state index >= 15 is 0 Å². The predicted octanol–water partition coefficient (Wildman–Crippen LogP) is 0.855. The highest BCUT2D eigenvalue weighted by atomic mass is 35.5. The SMILES string of the molecule is CNc1ncc(Cl)c(NCCNC(=O)N(C)C)n1. The molecule has 0 saturated heterocycles. The molecule has 3 N–H and O–H groups in total. The molecule has 0 atom stereocenters. The van der Waals surface area contributed by atoms with Crippen LogP contribution >= 0.6 is 11.6 Å². The highest BCUT2D eigenvalue weighted by Gasteiger charge is 2.05. The van der Waals surface area contributed by atoms with Crippen molar-refractivity contribution in [2.45, 2.75) is 0 Å². The van der Waals surface area contributed by atoms with Gasteiger partial charge in [0.15, 0.2) is 5.82 Å². The van der Waals surface area contributed by atoms with Crippen LogP contribution in [0.4, 0.5) is 16.6 Å². The van der Waals surface area contributed by atoms with E-state index in [0.717, 1.165) is 0 Å². The highest BCUT2D eigenvalue weighted by molar-refractivity contribution is 6.32. The average molecular weight is 273 g/mol. The average Bonchev–Trinajstić information content (AvgIpc) is 2.36. The van der Waals surface area contributed by atoms with E-state index in [2.05, 4.69) is 25.9 Å². The Morgan fingerprint density at radius 2 is 2.17 bits per heavy atom. The minimum Gasteiger partial charge on any atom is -0.367 e. The minimum absolute atomic E-state index is 0.138. The van der Waals surface area contributed by atoms with Crippen LogP contribution in [0, 0.1) is 0 Å². The lowest BCUT2D eigenvalue weighted by atomic mass is 10.5. The molecule has 8 heteroatoms. The molecule has 1 aromatic heterocycles. The first-order valence-corrected chi connectivity index (χ1v) is 5.81. The Morgan fingerprint density at radius 3 is 2.78 bits per heavy atom. The summed E-state index contributed by atoms with van der Waals surface area (Å²) in [6.07, 6.45) is 1.52. The third-order valence-electron chi connectivity index (χ3n) is 2.07. The maximum atomic E-state index is 11.2. The van der Waals surface area contributed by atoms with Crippen LogP contribution in [0.25, 0.3) is 0 Å². The molecule has 1 heterocycles. The Kier molecular flexibility index (Phi) is 5.44. The number of nitrogens with zero attached hydrogens (tertiary/aromatic N) is 3. The van der Waals surface area contributed by atoms with Crippen LogP contribution in [-0.4, -0.2) is 55.1 Å². The second-order valence-corrected chi connectivity index (χ2v) is 4.10. The van der Waals surface area contributed by atoms with Gasteiger partial charge < -0.3 is 20.9 Å². The molecule has 1 aromatic rings. The van der Waals surface area contributed by atoms with Gasteiger partial charge in [0.2, 0.25) is 5.95 Å². The minimum atomic E-state index is -0.138. The van der Waals surface area contributed by atoms with E-state index < -0.39 is 0 Å². The first-order valence-electron chi connectivity index (χ1n) is 5.44. The fourth-order valence-electron chi connectivity index (χ4n) is 1.12. The molecule has 7 nitrogen and oxygen atoms in total. The molecule has 0 unspecified atom stereocenters. The van der Waals surface area contributed by atoms with E-state index in [1.54, 1.807) is 21.1 Å². The number of carbonyl (C=O) groups is 1. The summed E-state index contributed by atoms with van der Waals surface area (Å²) in [4.78, 5) is 20.8. The van der Waals surface area contributed by atoms with Crippen LogP contribution in [0.2, 0.25) is 5.02 Å². The number of urea groups is 1. The van der Waals surface area contributed by atoms with Gasteiger partial charge in [-0.05, 0) is 0 Å². The molecule has 0 aromatic carbocycles. The standard InChI is InChI=1S/C10H17ClN6O/c1-12-9-15-6-7(11)8(16-9)13-4-5-14-10(18)17(2)3/h6H,4-5H2,1-3H3,(H,14,18)(H2,12,13,15,16). The van der Waals surface area contributed by atoms with Crippen LogP contribution in [0.5, 0.6) is 0 Å².